The topological polar surface area (TPSA) is 221 Å². The molecule has 11 atom stereocenters. The molecule has 4 aliphatic rings. The molecule has 1 saturated heterocycles. The Balaban J connectivity index is 1.29. The summed E-state index contributed by atoms with van der Waals surface area (Å²) in [4.78, 5) is 84.7. The molecule has 2 bridgehead atoms. The van der Waals surface area contributed by atoms with Crippen LogP contribution >= 0.6 is 0 Å². The first-order valence-electron chi connectivity index (χ1n) is 21.9. The first-order chi connectivity index (χ1) is 31.3. The number of esters is 4. The van der Waals surface area contributed by atoms with Gasteiger partial charge in [0.2, 0.25) is 0 Å². The number of aliphatic hydroxyl groups is 3. The number of aliphatic hydroxyl groups excluding tert-OH is 2. The quantitative estimate of drug-likeness (QED) is 0.0947. The molecule has 0 aromatic heterocycles. The summed E-state index contributed by atoms with van der Waals surface area (Å²) in [7, 11) is 0. The monoisotopic (exact) mass is 903 g/mol. The SMILES string of the molecule is CC(=O)O[C@H]1C(=O)[C@@]2(C)[C@H]([C@H](OC(=O)c3cccc4ccccc34)[C@]3(O)C[C@H](OC(=O)[C@H](O)[C@@H](NC(=O)c4ccccc4)c4ccccc4)C(C)=C1C3(C)C)[C@]1(OC(C)=O)CO[C@@H]1C[C@@H]2O. The highest BCUT2D eigenvalue weighted by Gasteiger charge is 2.78. The normalized spacial score (nSPS) is 30.7. The lowest BCUT2D eigenvalue weighted by Gasteiger charge is -2.67. The summed E-state index contributed by atoms with van der Waals surface area (Å²) >= 11 is 0. The summed E-state index contributed by atoms with van der Waals surface area (Å²) in [5.74, 6) is -6.88. The molecule has 3 fully saturated rings. The van der Waals surface area contributed by atoms with Crippen LogP contribution in [0.25, 0.3) is 10.8 Å². The molecule has 0 radical (unpaired) electrons. The van der Waals surface area contributed by atoms with Crippen molar-refractivity contribution < 1.29 is 67.8 Å². The third-order valence-electron chi connectivity index (χ3n) is 14.5. The van der Waals surface area contributed by atoms with Crippen LogP contribution in [-0.4, -0.2) is 105 Å². The van der Waals surface area contributed by atoms with Gasteiger partial charge in [0, 0.05) is 37.7 Å². The van der Waals surface area contributed by atoms with Crippen molar-refractivity contribution in [3.63, 3.8) is 0 Å². The fraction of sp³-hybridized carbons (Fsp3) is 0.412. The zero-order valence-corrected chi connectivity index (χ0v) is 37.4. The van der Waals surface area contributed by atoms with Gasteiger partial charge in [-0.2, -0.15) is 0 Å². The molecule has 4 aromatic carbocycles. The number of ketones is 1. The van der Waals surface area contributed by atoms with Gasteiger partial charge in [-0.25, -0.2) is 9.59 Å². The van der Waals surface area contributed by atoms with Crippen LogP contribution in [0, 0.1) is 16.7 Å². The maximum atomic E-state index is 15.7. The van der Waals surface area contributed by atoms with E-state index in [-0.39, 0.29) is 35.3 Å². The highest BCUT2D eigenvalue weighted by atomic mass is 16.6. The number of carbonyl (C=O) groups excluding carboxylic acids is 6. The van der Waals surface area contributed by atoms with E-state index in [0.29, 0.717) is 16.3 Å². The number of amides is 1. The molecule has 1 amide bonds. The summed E-state index contributed by atoms with van der Waals surface area (Å²) < 4.78 is 30.7. The van der Waals surface area contributed by atoms with Crippen LogP contribution in [0.2, 0.25) is 0 Å². The number of nitrogens with one attached hydrogen (secondary N) is 1. The van der Waals surface area contributed by atoms with Crippen LogP contribution in [0.4, 0.5) is 0 Å². The van der Waals surface area contributed by atoms with Crippen LogP contribution in [0.5, 0.6) is 0 Å². The van der Waals surface area contributed by atoms with Gasteiger partial charge < -0.3 is 44.3 Å². The standard InChI is InChI=1S/C51H53NO14/c1-27-35(64-47(60)40(56)39(31-17-9-7-10-18-31)52-45(58)32-19-11-8-12-20-32)25-51(61)44(65-46(59)34-23-15-21-30-16-13-14-22-33(30)34)42-49(6,36(55)24-37-50(42,26-62-37)66-29(3)54)43(57)41(63-28(2)53)38(27)48(51,4)5/h7-23,35-37,39-42,44,55-56,61H,24-26H2,1-6H3,(H,52,58)/t35-,36-,37+,39-,40+,41+,42-,44-,49+,50-,51+/m0/s1. The van der Waals surface area contributed by atoms with Crippen molar-refractivity contribution in [2.45, 2.75) is 108 Å². The number of benzene rings is 4. The zero-order chi connectivity index (χ0) is 47.5. The Kier molecular flexibility index (Phi) is 12.1. The van der Waals surface area contributed by atoms with E-state index in [0.717, 1.165) is 13.8 Å². The predicted molar refractivity (Wildman–Crippen MR) is 235 cm³/mol. The van der Waals surface area contributed by atoms with Gasteiger partial charge in [-0.15, -0.1) is 0 Å². The number of Topliss-reactive ketones (excluding diaryl/α,β-unsaturated/α-hetero) is 1. The number of rotatable bonds is 10. The van der Waals surface area contributed by atoms with Crippen LogP contribution < -0.4 is 5.32 Å². The van der Waals surface area contributed by atoms with Crippen molar-refractivity contribution in [2.75, 3.05) is 6.61 Å². The Bertz CT molecular complexity index is 2620. The third kappa shape index (κ3) is 7.47. The minimum absolute atomic E-state index is 0.00710. The van der Waals surface area contributed by atoms with Crippen molar-refractivity contribution in [1.29, 1.82) is 0 Å². The van der Waals surface area contributed by atoms with Crippen molar-refractivity contribution >= 4 is 46.3 Å². The second-order valence-electron chi connectivity index (χ2n) is 18.5. The van der Waals surface area contributed by atoms with Gasteiger partial charge in [-0.05, 0) is 59.5 Å². The number of fused-ring (bicyclic) bond motifs is 6. The summed E-state index contributed by atoms with van der Waals surface area (Å²) in [6.07, 6.45) is -10.6. The molecule has 8 rings (SSSR count). The minimum Gasteiger partial charge on any atom is -0.456 e. The van der Waals surface area contributed by atoms with Crippen molar-refractivity contribution in [3.8, 4) is 0 Å². The average molecular weight is 904 g/mol. The lowest BCUT2D eigenvalue weighted by atomic mass is 9.44. The minimum atomic E-state index is -2.42. The molecule has 3 aliphatic carbocycles. The lowest BCUT2D eigenvalue weighted by molar-refractivity contribution is -0.346. The smallest absolute Gasteiger partial charge is 0.339 e. The van der Waals surface area contributed by atoms with Gasteiger partial charge >= 0.3 is 23.9 Å². The summed E-state index contributed by atoms with van der Waals surface area (Å²) in [6, 6.07) is 27.2. The fourth-order valence-electron chi connectivity index (χ4n) is 11.0. The Labute approximate surface area is 381 Å². The molecular formula is C51H53NO14. The van der Waals surface area contributed by atoms with E-state index >= 15 is 4.79 Å². The van der Waals surface area contributed by atoms with Crippen molar-refractivity contribution in [2.24, 2.45) is 16.7 Å². The third-order valence-corrected chi connectivity index (χ3v) is 14.5. The van der Waals surface area contributed by atoms with E-state index < -0.39 is 113 Å². The van der Waals surface area contributed by atoms with Gasteiger partial charge in [0.25, 0.3) is 5.91 Å². The Morgan fingerprint density at radius 3 is 2.09 bits per heavy atom. The van der Waals surface area contributed by atoms with Crippen LogP contribution in [-0.2, 0) is 42.9 Å². The summed E-state index contributed by atoms with van der Waals surface area (Å²) in [5, 5.41) is 41.9. The highest BCUT2D eigenvalue weighted by molar-refractivity contribution is 6.04. The molecule has 4 aromatic rings. The van der Waals surface area contributed by atoms with E-state index in [4.69, 9.17) is 23.7 Å². The van der Waals surface area contributed by atoms with E-state index in [1.807, 2.05) is 0 Å². The Hall–Kier alpha value is -6.26. The molecule has 346 valence electrons. The molecule has 0 spiro atoms. The fourth-order valence-corrected chi connectivity index (χ4v) is 11.0. The molecule has 2 saturated carbocycles. The summed E-state index contributed by atoms with van der Waals surface area (Å²) in [5.41, 5.74) is -7.11. The van der Waals surface area contributed by atoms with Crippen LogP contribution in [0.15, 0.2) is 114 Å². The summed E-state index contributed by atoms with van der Waals surface area (Å²) in [6.45, 7) is 8.01. The zero-order valence-electron chi connectivity index (χ0n) is 37.4. The van der Waals surface area contributed by atoms with E-state index in [9.17, 15) is 39.3 Å². The maximum Gasteiger partial charge on any atom is 0.339 e. The number of carbonyl (C=O) groups is 6. The molecule has 15 heteroatoms. The molecule has 15 nitrogen and oxygen atoms in total. The van der Waals surface area contributed by atoms with Gasteiger partial charge in [-0.1, -0.05) is 98.8 Å². The first-order valence-corrected chi connectivity index (χ1v) is 21.9. The van der Waals surface area contributed by atoms with E-state index in [1.165, 1.54) is 13.8 Å². The molecule has 4 N–H and O–H groups in total. The Morgan fingerprint density at radius 1 is 0.818 bits per heavy atom. The molecular weight excluding hydrogens is 851 g/mol. The predicted octanol–water partition coefficient (Wildman–Crippen LogP) is 4.89. The van der Waals surface area contributed by atoms with E-state index in [2.05, 4.69) is 5.32 Å². The Morgan fingerprint density at radius 2 is 1.45 bits per heavy atom. The maximum absolute atomic E-state index is 15.7. The van der Waals surface area contributed by atoms with Crippen LogP contribution in [0.3, 0.4) is 0 Å². The van der Waals surface area contributed by atoms with Gasteiger partial charge in [0.15, 0.2) is 23.6 Å². The molecule has 0 unspecified atom stereocenters. The van der Waals surface area contributed by atoms with E-state index in [1.54, 1.807) is 117 Å². The molecule has 66 heavy (non-hydrogen) atoms. The molecule has 1 heterocycles. The van der Waals surface area contributed by atoms with Gasteiger partial charge in [0.1, 0.15) is 23.9 Å². The number of hydrogen-bond donors (Lipinski definition) is 4. The number of hydrogen-bond acceptors (Lipinski definition) is 14. The van der Waals surface area contributed by atoms with Crippen molar-refractivity contribution in [3.05, 3.63) is 131 Å². The highest BCUT2D eigenvalue weighted by Crippen LogP contribution is 2.64. The van der Waals surface area contributed by atoms with Crippen LogP contribution in [0.1, 0.15) is 86.7 Å². The van der Waals surface area contributed by atoms with Gasteiger partial charge in [-0.3, -0.25) is 19.2 Å². The second kappa shape index (κ2) is 17.2. The lowest BCUT2D eigenvalue weighted by Crippen LogP contribution is -2.82. The largest absolute Gasteiger partial charge is 0.456 e. The van der Waals surface area contributed by atoms with Gasteiger partial charge in [0.05, 0.1) is 35.6 Å². The van der Waals surface area contributed by atoms with Crippen molar-refractivity contribution in [1.82, 2.24) is 5.32 Å². The number of ether oxygens (including phenoxy) is 5. The molecule has 1 aliphatic heterocycles. The second-order valence-corrected chi connectivity index (χ2v) is 18.5. The average Bonchev–Trinajstić information content (AvgIpc) is 3.28. The first kappa shape index (κ1) is 46.3.